The Kier molecular flexibility index (Phi) is 6.35. The predicted octanol–water partition coefficient (Wildman–Crippen LogP) is 4.66. The first kappa shape index (κ1) is 22.8. The van der Waals surface area contributed by atoms with Gasteiger partial charge in [0, 0.05) is 24.2 Å². The molecule has 170 valence electrons. The van der Waals surface area contributed by atoms with Crippen molar-refractivity contribution in [1.29, 1.82) is 0 Å². The first-order valence-corrected chi connectivity index (χ1v) is 11.9. The van der Waals surface area contributed by atoms with Gasteiger partial charge in [-0.05, 0) is 55.0 Å². The van der Waals surface area contributed by atoms with Crippen molar-refractivity contribution in [2.24, 2.45) is 0 Å². The van der Waals surface area contributed by atoms with E-state index in [4.69, 9.17) is 11.6 Å². The number of para-hydroxylation sites is 1. The minimum Gasteiger partial charge on any atom is -0.322 e. The van der Waals surface area contributed by atoms with Crippen LogP contribution in [0.2, 0.25) is 5.02 Å². The van der Waals surface area contributed by atoms with Crippen molar-refractivity contribution < 1.29 is 22.4 Å². The van der Waals surface area contributed by atoms with Gasteiger partial charge in [-0.25, -0.2) is 12.8 Å². The topological polar surface area (TPSA) is 95.6 Å². The molecule has 0 aliphatic carbocycles. The summed E-state index contributed by atoms with van der Waals surface area (Å²) < 4.78 is 41.3. The van der Waals surface area contributed by atoms with Crippen LogP contribution in [0.1, 0.15) is 23.2 Å². The fourth-order valence-electron chi connectivity index (χ4n) is 3.46. The zero-order chi connectivity index (χ0) is 23.6. The molecule has 3 aromatic rings. The molecule has 1 fully saturated rings. The second-order valence-corrected chi connectivity index (χ2v) is 9.47. The summed E-state index contributed by atoms with van der Waals surface area (Å²) in [4.78, 5) is 26.1. The molecule has 2 N–H and O–H groups in total. The summed E-state index contributed by atoms with van der Waals surface area (Å²) in [5.74, 6) is -1.28. The van der Waals surface area contributed by atoms with Gasteiger partial charge in [0.25, 0.3) is 15.9 Å². The van der Waals surface area contributed by atoms with Gasteiger partial charge in [-0.1, -0.05) is 29.8 Å². The molecule has 1 saturated heterocycles. The highest BCUT2D eigenvalue weighted by Crippen LogP contribution is 2.32. The fourth-order valence-corrected chi connectivity index (χ4v) is 4.86. The Labute approximate surface area is 195 Å². The van der Waals surface area contributed by atoms with Crippen LogP contribution < -0.4 is 14.9 Å². The Morgan fingerprint density at radius 3 is 2.52 bits per heavy atom. The number of carbonyl (C=O) groups excluding carboxylic acids is 2. The van der Waals surface area contributed by atoms with Gasteiger partial charge in [-0.2, -0.15) is 0 Å². The summed E-state index contributed by atoms with van der Waals surface area (Å²) in [5.41, 5.74) is 0.850. The molecule has 0 aromatic heterocycles. The molecule has 2 amide bonds. The molecule has 1 aliphatic heterocycles. The van der Waals surface area contributed by atoms with Crippen LogP contribution in [0.25, 0.3) is 0 Å². The van der Waals surface area contributed by atoms with Crippen molar-refractivity contribution in [3.63, 3.8) is 0 Å². The maximum atomic E-state index is 13.8. The molecule has 0 unspecified atom stereocenters. The third-order valence-electron chi connectivity index (χ3n) is 5.09. The lowest BCUT2D eigenvalue weighted by Gasteiger charge is -2.18. The van der Waals surface area contributed by atoms with Gasteiger partial charge in [0.05, 0.1) is 21.3 Å². The minimum atomic E-state index is -4.12. The summed E-state index contributed by atoms with van der Waals surface area (Å²) in [7, 11) is -4.12. The third-order valence-corrected chi connectivity index (χ3v) is 6.76. The van der Waals surface area contributed by atoms with E-state index in [-0.39, 0.29) is 22.1 Å². The largest absolute Gasteiger partial charge is 0.322 e. The van der Waals surface area contributed by atoms with Crippen molar-refractivity contribution in [2.45, 2.75) is 17.7 Å². The molecule has 0 bridgehead atoms. The lowest BCUT2D eigenvalue weighted by molar-refractivity contribution is -0.117. The van der Waals surface area contributed by atoms with Crippen LogP contribution in [0.15, 0.2) is 71.6 Å². The molecule has 0 spiro atoms. The van der Waals surface area contributed by atoms with E-state index in [1.165, 1.54) is 48.5 Å². The van der Waals surface area contributed by atoms with Gasteiger partial charge in [0.1, 0.15) is 5.82 Å². The van der Waals surface area contributed by atoms with Crippen molar-refractivity contribution in [2.75, 3.05) is 21.5 Å². The number of carbonyl (C=O) groups is 2. The van der Waals surface area contributed by atoms with Gasteiger partial charge in [0.2, 0.25) is 5.91 Å². The summed E-state index contributed by atoms with van der Waals surface area (Å²) in [6.07, 6.45) is 1.23. The van der Waals surface area contributed by atoms with Gasteiger partial charge in [-0.15, -0.1) is 0 Å². The van der Waals surface area contributed by atoms with Crippen LogP contribution in [-0.2, 0) is 14.8 Å². The average Bonchev–Trinajstić information content (AvgIpc) is 3.21. The van der Waals surface area contributed by atoms with Crippen LogP contribution in [0.5, 0.6) is 0 Å². The second-order valence-electron chi connectivity index (χ2n) is 7.38. The molecule has 4 rings (SSSR count). The number of rotatable bonds is 6. The van der Waals surface area contributed by atoms with Crippen molar-refractivity contribution >= 4 is 50.5 Å². The summed E-state index contributed by atoms with van der Waals surface area (Å²) in [6, 6.07) is 15.5. The number of benzene rings is 3. The van der Waals surface area contributed by atoms with Crippen molar-refractivity contribution in [3.8, 4) is 0 Å². The first-order valence-electron chi connectivity index (χ1n) is 10.0. The van der Waals surface area contributed by atoms with E-state index >= 15 is 0 Å². The summed E-state index contributed by atoms with van der Waals surface area (Å²) in [5, 5.41) is 2.98. The lowest BCUT2D eigenvalue weighted by Crippen LogP contribution is -2.24. The molecule has 33 heavy (non-hydrogen) atoms. The maximum Gasteiger partial charge on any atom is 0.262 e. The molecule has 3 aromatic carbocycles. The molecule has 0 saturated carbocycles. The monoisotopic (exact) mass is 487 g/mol. The highest BCUT2D eigenvalue weighted by Gasteiger charge is 2.24. The SMILES string of the molecule is O=C(Nc1ccc(N2CCCC2=O)c(Cl)c1)c1cccc(S(=O)(=O)Nc2ccccc2F)c1. The molecule has 10 heteroatoms. The van der Waals surface area contributed by atoms with Crippen molar-refractivity contribution in [3.05, 3.63) is 83.1 Å². The second kappa shape index (κ2) is 9.21. The number of halogens is 2. The smallest absolute Gasteiger partial charge is 0.262 e. The van der Waals surface area contributed by atoms with E-state index in [0.29, 0.717) is 29.4 Å². The first-order chi connectivity index (χ1) is 15.7. The van der Waals surface area contributed by atoms with Gasteiger partial charge in [0.15, 0.2) is 0 Å². The Morgan fingerprint density at radius 2 is 1.82 bits per heavy atom. The Hall–Kier alpha value is -3.43. The molecular formula is C23H19ClFN3O4S. The Balaban J connectivity index is 1.52. The van der Waals surface area contributed by atoms with Crippen LogP contribution in [-0.4, -0.2) is 26.8 Å². The van der Waals surface area contributed by atoms with Gasteiger partial charge in [-0.3, -0.25) is 14.3 Å². The number of nitrogens with one attached hydrogen (secondary N) is 2. The number of nitrogens with zero attached hydrogens (tertiary/aromatic N) is 1. The van der Waals surface area contributed by atoms with Crippen molar-refractivity contribution in [1.82, 2.24) is 0 Å². The highest BCUT2D eigenvalue weighted by atomic mass is 35.5. The van der Waals surface area contributed by atoms with Crippen LogP contribution in [0.4, 0.5) is 21.5 Å². The minimum absolute atomic E-state index is 0.00398. The Morgan fingerprint density at radius 1 is 1.03 bits per heavy atom. The van der Waals surface area contributed by atoms with E-state index in [0.717, 1.165) is 12.5 Å². The van der Waals surface area contributed by atoms with E-state index < -0.39 is 21.7 Å². The van der Waals surface area contributed by atoms with Crippen LogP contribution in [0, 0.1) is 5.82 Å². The fraction of sp³-hybridized carbons (Fsp3) is 0.130. The van der Waals surface area contributed by atoms with Crippen LogP contribution in [0.3, 0.4) is 0 Å². The normalized spacial score (nSPS) is 13.8. The van der Waals surface area contributed by atoms with E-state index in [9.17, 15) is 22.4 Å². The van der Waals surface area contributed by atoms with Gasteiger partial charge < -0.3 is 10.2 Å². The molecule has 0 radical (unpaired) electrons. The number of hydrogen-bond acceptors (Lipinski definition) is 4. The van der Waals surface area contributed by atoms with Crippen LogP contribution >= 0.6 is 11.6 Å². The average molecular weight is 488 g/mol. The zero-order valence-corrected chi connectivity index (χ0v) is 18.8. The van der Waals surface area contributed by atoms with E-state index in [1.54, 1.807) is 17.0 Å². The molecule has 7 nitrogen and oxygen atoms in total. The lowest BCUT2D eigenvalue weighted by atomic mass is 10.2. The third kappa shape index (κ3) is 4.99. The molecule has 1 heterocycles. The van der Waals surface area contributed by atoms with E-state index in [1.807, 2.05) is 0 Å². The van der Waals surface area contributed by atoms with Gasteiger partial charge >= 0.3 is 0 Å². The summed E-state index contributed by atoms with van der Waals surface area (Å²) >= 11 is 6.32. The zero-order valence-electron chi connectivity index (χ0n) is 17.2. The number of anilines is 3. The highest BCUT2D eigenvalue weighted by molar-refractivity contribution is 7.92. The maximum absolute atomic E-state index is 13.8. The number of sulfonamides is 1. The molecule has 1 aliphatic rings. The Bertz CT molecular complexity index is 1350. The standard InChI is InChI=1S/C23H19ClFN3O4S/c24-18-14-16(10-11-21(18)28-12-4-9-22(28)29)26-23(30)15-5-3-6-17(13-15)33(31,32)27-20-8-2-1-7-19(20)25/h1-3,5-8,10-11,13-14,27H,4,9,12H2,(H,26,30). The van der Waals surface area contributed by atoms with E-state index in [2.05, 4.69) is 10.0 Å². The summed E-state index contributed by atoms with van der Waals surface area (Å²) in [6.45, 7) is 0.590. The quantitative estimate of drug-likeness (QED) is 0.528. The number of amides is 2. The predicted molar refractivity (Wildman–Crippen MR) is 125 cm³/mol. The number of hydrogen-bond donors (Lipinski definition) is 2. The molecular weight excluding hydrogens is 469 g/mol. The molecule has 0 atom stereocenters.